The van der Waals surface area contributed by atoms with Gasteiger partial charge in [0.05, 0.1) is 17.3 Å². The minimum Gasteiger partial charge on any atom is -0.497 e. The first-order valence-electron chi connectivity index (χ1n) is 7.03. The molecule has 0 unspecified atom stereocenters. The van der Waals surface area contributed by atoms with E-state index in [9.17, 15) is 0 Å². The number of fused-ring (bicyclic) bond motifs is 2. The SMILES string of the molecule is COc1ccc2sc(Nc3cccc4ccccc34)nc2c1. The second-order valence-electron chi connectivity index (χ2n) is 5.00. The number of rotatable bonds is 3. The smallest absolute Gasteiger partial charge is 0.188 e. The average Bonchev–Trinajstić information content (AvgIpc) is 2.96. The van der Waals surface area contributed by atoms with Crippen molar-refractivity contribution >= 4 is 43.1 Å². The minimum absolute atomic E-state index is 0.828. The number of hydrogen-bond donors (Lipinski definition) is 1. The van der Waals surface area contributed by atoms with Gasteiger partial charge in [-0.3, -0.25) is 0 Å². The van der Waals surface area contributed by atoms with Gasteiger partial charge in [-0.25, -0.2) is 4.98 Å². The molecular formula is C18H14N2OS. The van der Waals surface area contributed by atoms with Crippen molar-refractivity contribution < 1.29 is 4.74 Å². The van der Waals surface area contributed by atoms with Gasteiger partial charge in [0, 0.05) is 17.1 Å². The maximum absolute atomic E-state index is 5.25. The van der Waals surface area contributed by atoms with Crippen molar-refractivity contribution in [3.05, 3.63) is 60.7 Å². The van der Waals surface area contributed by atoms with E-state index in [4.69, 9.17) is 4.74 Å². The molecule has 1 heterocycles. The Labute approximate surface area is 132 Å². The third kappa shape index (κ3) is 2.27. The van der Waals surface area contributed by atoms with Gasteiger partial charge < -0.3 is 10.1 Å². The van der Waals surface area contributed by atoms with E-state index >= 15 is 0 Å². The Morgan fingerprint density at radius 2 is 1.86 bits per heavy atom. The first kappa shape index (κ1) is 13.1. The zero-order valence-corrected chi connectivity index (χ0v) is 12.9. The van der Waals surface area contributed by atoms with Gasteiger partial charge in [0.25, 0.3) is 0 Å². The Bertz CT molecular complexity index is 956. The van der Waals surface area contributed by atoms with E-state index in [0.29, 0.717) is 0 Å². The summed E-state index contributed by atoms with van der Waals surface area (Å²) >= 11 is 1.64. The van der Waals surface area contributed by atoms with Crippen molar-refractivity contribution in [2.75, 3.05) is 12.4 Å². The van der Waals surface area contributed by atoms with Crippen molar-refractivity contribution in [2.45, 2.75) is 0 Å². The van der Waals surface area contributed by atoms with Gasteiger partial charge in [0.15, 0.2) is 5.13 Å². The van der Waals surface area contributed by atoms with Crippen molar-refractivity contribution in [3.63, 3.8) is 0 Å². The lowest BCUT2D eigenvalue weighted by molar-refractivity contribution is 0.415. The first-order chi connectivity index (χ1) is 10.8. The third-order valence-electron chi connectivity index (χ3n) is 3.63. The zero-order chi connectivity index (χ0) is 14.9. The lowest BCUT2D eigenvalue weighted by Crippen LogP contribution is -1.90. The summed E-state index contributed by atoms with van der Waals surface area (Å²) in [5.41, 5.74) is 2.02. The van der Waals surface area contributed by atoms with Crippen LogP contribution in [0.5, 0.6) is 5.75 Å². The summed E-state index contributed by atoms with van der Waals surface area (Å²) in [6.07, 6.45) is 0. The molecule has 0 saturated carbocycles. The molecule has 4 rings (SSSR count). The molecule has 3 aromatic carbocycles. The Kier molecular flexibility index (Phi) is 3.16. The van der Waals surface area contributed by atoms with E-state index in [1.165, 1.54) is 10.8 Å². The number of benzene rings is 3. The largest absolute Gasteiger partial charge is 0.497 e. The van der Waals surface area contributed by atoms with Gasteiger partial charge in [-0.2, -0.15) is 0 Å². The number of hydrogen-bond acceptors (Lipinski definition) is 4. The van der Waals surface area contributed by atoms with Crippen molar-refractivity contribution in [1.82, 2.24) is 4.98 Å². The summed E-state index contributed by atoms with van der Waals surface area (Å²) in [4.78, 5) is 4.65. The second-order valence-corrected chi connectivity index (χ2v) is 6.04. The van der Waals surface area contributed by atoms with Crippen LogP contribution in [-0.4, -0.2) is 12.1 Å². The van der Waals surface area contributed by atoms with Gasteiger partial charge in [0.1, 0.15) is 5.75 Å². The first-order valence-corrected chi connectivity index (χ1v) is 7.84. The molecule has 0 atom stereocenters. The van der Waals surface area contributed by atoms with Crippen LogP contribution in [0.25, 0.3) is 21.0 Å². The molecule has 1 aromatic heterocycles. The number of nitrogens with one attached hydrogen (secondary N) is 1. The summed E-state index contributed by atoms with van der Waals surface area (Å²) < 4.78 is 6.39. The molecular weight excluding hydrogens is 292 g/mol. The van der Waals surface area contributed by atoms with Crippen LogP contribution in [0.2, 0.25) is 0 Å². The predicted octanol–water partition coefficient (Wildman–Crippen LogP) is 5.20. The Balaban J connectivity index is 1.76. The van der Waals surface area contributed by atoms with Crippen molar-refractivity contribution in [3.8, 4) is 5.75 Å². The van der Waals surface area contributed by atoms with Crippen molar-refractivity contribution in [1.29, 1.82) is 0 Å². The number of ether oxygens (including phenoxy) is 1. The number of anilines is 2. The van der Waals surface area contributed by atoms with Gasteiger partial charge in [-0.05, 0) is 23.6 Å². The molecule has 4 aromatic rings. The van der Waals surface area contributed by atoms with Crippen LogP contribution >= 0.6 is 11.3 Å². The third-order valence-corrected chi connectivity index (χ3v) is 4.58. The summed E-state index contributed by atoms with van der Waals surface area (Å²) in [5, 5.41) is 6.74. The lowest BCUT2D eigenvalue weighted by Gasteiger charge is -2.06. The molecule has 0 aliphatic heterocycles. The molecule has 0 radical (unpaired) electrons. The van der Waals surface area contributed by atoms with Gasteiger partial charge in [-0.15, -0.1) is 0 Å². The number of aromatic nitrogens is 1. The molecule has 4 heteroatoms. The van der Waals surface area contributed by atoms with Crippen LogP contribution in [-0.2, 0) is 0 Å². The summed E-state index contributed by atoms with van der Waals surface area (Å²) in [6.45, 7) is 0. The maximum atomic E-state index is 5.25. The molecule has 0 bridgehead atoms. The van der Waals surface area contributed by atoms with Crippen molar-refractivity contribution in [2.24, 2.45) is 0 Å². The molecule has 3 nitrogen and oxygen atoms in total. The fourth-order valence-corrected chi connectivity index (χ4v) is 3.40. The van der Waals surface area contributed by atoms with E-state index in [-0.39, 0.29) is 0 Å². The van der Waals surface area contributed by atoms with Crippen LogP contribution in [0.3, 0.4) is 0 Å². The van der Waals surface area contributed by atoms with Gasteiger partial charge in [0.2, 0.25) is 0 Å². The zero-order valence-electron chi connectivity index (χ0n) is 12.0. The minimum atomic E-state index is 0.828. The van der Waals surface area contributed by atoms with Gasteiger partial charge in [-0.1, -0.05) is 47.7 Å². The average molecular weight is 306 g/mol. The normalized spacial score (nSPS) is 11.0. The molecule has 0 spiro atoms. The highest BCUT2D eigenvalue weighted by molar-refractivity contribution is 7.22. The second kappa shape index (κ2) is 5.31. The molecule has 0 saturated heterocycles. The maximum Gasteiger partial charge on any atom is 0.188 e. The van der Waals surface area contributed by atoms with Crippen LogP contribution in [0, 0.1) is 0 Å². The number of methoxy groups -OCH3 is 1. The summed E-state index contributed by atoms with van der Waals surface area (Å²) in [6, 6.07) is 20.5. The predicted molar refractivity (Wildman–Crippen MR) is 93.4 cm³/mol. The van der Waals surface area contributed by atoms with Crippen LogP contribution < -0.4 is 10.1 Å². The standard InChI is InChI=1S/C18H14N2OS/c1-21-13-9-10-17-16(11-13)20-18(22-17)19-15-8-4-6-12-5-2-3-7-14(12)15/h2-11H,1H3,(H,19,20). The van der Waals surface area contributed by atoms with Crippen LogP contribution in [0.15, 0.2) is 60.7 Å². The highest BCUT2D eigenvalue weighted by atomic mass is 32.1. The molecule has 0 fully saturated rings. The van der Waals surface area contributed by atoms with E-state index in [1.807, 2.05) is 18.2 Å². The number of nitrogens with zero attached hydrogens (tertiary/aromatic N) is 1. The van der Waals surface area contributed by atoms with E-state index in [0.717, 1.165) is 26.8 Å². The molecule has 0 amide bonds. The van der Waals surface area contributed by atoms with Gasteiger partial charge >= 0.3 is 0 Å². The molecule has 1 N–H and O–H groups in total. The van der Waals surface area contributed by atoms with E-state index < -0.39 is 0 Å². The van der Waals surface area contributed by atoms with E-state index in [2.05, 4.69) is 52.8 Å². The monoisotopic (exact) mass is 306 g/mol. The van der Waals surface area contributed by atoms with Crippen LogP contribution in [0.1, 0.15) is 0 Å². The molecule has 0 aliphatic carbocycles. The lowest BCUT2D eigenvalue weighted by atomic mass is 10.1. The highest BCUT2D eigenvalue weighted by Gasteiger charge is 2.07. The highest BCUT2D eigenvalue weighted by Crippen LogP contribution is 2.32. The summed E-state index contributed by atoms with van der Waals surface area (Å²) in [5.74, 6) is 0.828. The molecule has 22 heavy (non-hydrogen) atoms. The van der Waals surface area contributed by atoms with E-state index in [1.54, 1.807) is 18.4 Å². The summed E-state index contributed by atoms with van der Waals surface area (Å²) in [7, 11) is 1.67. The molecule has 108 valence electrons. The topological polar surface area (TPSA) is 34.1 Å². The fourth-order valence-electron chi connectivity index (χ4n) is 2.54. The Hall–Kier alpha value is -2.59. The quantitative estimate of drug-likeness (QED) is 0.565. The Morgan fingerprint density at radius 1 is 1.00 bits per heavy atom. The Morgan fingerprint density at radius 3 is 2.77 bits per heavy atom. The fraction of sp³-hybridized carbons (Fsp3) is 0.0556. The van der Waals surface area contributed by atoms with Crippen LogP contribution in [0.4, 0.5) is 10.8 Å². The molecule has 0 aliphatic rings. The number of thiazole rings is 1.